The highest BCUT2D eigenvalue weighted by atomic mass is 32.2. The molecule has 1 unspecified atom stereocenters. The molecule has 0 saturated carbocycles. The van der Waals surface area contributed by atoms with Gasteiger partial charge in [-0.2, -0.15) is 8.42 Å². The van der Waals surface area contributed by atoms with Gasteiger partial charge < -0.3 is 28.0 Å². The highest BCUT2D eigenvalue weighted by molar-refractivity contribution is 7.85. The summed E-state index contributed by atoms with van der Waals surface area (Å²) < 4.78 is 87.3. The van der Waals surface area contributed by atoms with Crippen LogP contribution < -0.4 is 0 Å². The Balaban J connectivity index is 4.69. The van der Waals surface area contributed by atoms with Crippen LogP contribution in [-0.2, 0) is 39.2 Å². The quantitative estimate of drug-likeness (QED) is 0.0607. The number of hydrogen-bond acceptors (Lipinski definition) is 9. The number of nitrogens with zero attached hydrogens (tertiary/aromatic N) is 1. The predicted molar refractivity (Wildman–Crippen MR) is 151 cm³/mol. The molecule has 0 fully saturated rings. The molecular formula is C24H53NO10S2Si. The Morgan fingerprint density at radius 1 is 0.658 bits per heavy atom. The zero-order chi connectivity index (χ0) is 28.8. The zero-order valence-electron chi connectivity index (χ0n) is 23.8. The van der Waals surface area contributed by atoms with E-state index in [9.17, 15) is 21.4 Å². The molecule has 0 saturated heterocycles. The summed E-state index contributed by atoms with van der Waals surface area (Å²) >= 11 is 0. The van der Waals surface area contributed by atoms with Crippen molar-refractivity contribution in [1.82, 2.24) is 0 Å². The van der Waals surface area contributed by atoms with Gasteiger partial charge in [-0.15, -0.1) is 0 Å². The fraction of sp³-hybridized carbons (Fsp3) is 1.00. The van der Waals surface area contributed by atoms with E-state index in [2.05, 4.69) is 20.0 Å². The maximum absolute atomic E-state index is 11.1. The minimum Gasteiger partial charge on any atom is -0.748 e. The number of rotatable bonds is 28. The third kappa shape index (κ3) is 26.1. The summed E-state index contributed by atoms with van der Waals surface area (Å²) in [4.78, 5) is 0. The number of ether oxygens (including phenoxy) is 4. The summed E-state index contributed by atoms with van der Waals surface area (Å²) in [5, 5.41) is 0. The van der Waals surface area contributed by atoms with Crippen LogP contribution in [0, 0.1) is 0 Å². The molecule has 0 aromatic carbocycles. The first-order valence-corrected chi connectivity index (χ1v) is 20.3. The predicted octanol–water partition coefficient (Wildman–Crippen LogP) is 2.15. The van der Waals surface area contributed by atoms with E-state index < -0.39 is 29.0 Å². The van der Waals surface area contributed by atoms with Crippen LogP contribution in [0.25, 0.3) is 0 Å². The summed E-state index contributed by atoms with van der Waals surface area (Å²) in [7, 11) is -9.00. The summed E-state index contributed by atoms with van der Waals surface area (Å²) in [6.07, 6.45) is 3.89. The van der Waals surface area contributed by atoms with E-state index in [0.29, 0.717) is 96.0 Å². The van der Waals surface area contributed by atoms with E-state index >= 15 is 0 Å². The summed E-state index contributed by atoms with van der Waals surface area (Å²) in [6, 6.07) is 1.18. The standard InChI is InChI=1S/C24H53NO10S2Si/c1-4-14-32-16-18-34-20-21-35-19-17-33-15-13-25(12-9-24-38(2)3,10-5-7-22-36(26,27)28)11-6-8-23-37(29,30)31/h38H,4-24H2,1-3H3,(H-,26,27,28,29,30,31). The summed E-state index contributed by atoms with van der Waals surface area (Å²) in [5.74, 6) is -0.651. The molecule has 0 heterocycles. The lowest BCUT2D eigenvalue weighted by molar-refractivity contribution is -0.929. The Labute approximate surface area is 233 Å². The van der Waals surface area contributed by atoms with Crippen molar-refractivity contribution in [2.75, 3.05) is 90.5 Å². The Morgan fingerprint density at radius 2 is 1.11 bits per heavy atom. The van der Waals surface area contributed by atoms with Crippen molar-refractivity contribution in [2.45, 2.75) is 64.6 Å². The third-order valence-corrected chi connectivity index (χ3v) is 9.31. The topological polar surface area (TPSA) is 148 Å². The molecule has 0 aromatic rings. The van der Waals surface area contributed by atoms with Gasteiger partial charge >= 0.3 is 0 Å². The fourth-order valence-electron chi connectivity index (χ4n) is 4.13. The largest absolute Gasteiger partial charge is 0.748 e. The van der Waals surface area contributed by atoms with Crippen LogP contribution in [0.4, 0.5) is 0 Å². The maximum Gasteiger partial charge on any atom is 0.264 e. The Morgan fingerprint density at radius 3 is 1.55 bits per heavy atom. The van der Waals surface area contributed by atoms with E-state index in [-0.39, 0.29) is 11.5 Å². The van der Waals surface area contributed by atoms with Crippen LogP contribution in [0.1, 0.15) is 45.4 Å². The van der Waals surface area contributed by atoms with Crippen LogP contribution >= 0.6 is 0 Å². The average Bonchev–Trinajstić information content (AvgIpc) is 2.81. The highest BCUT2D eigenvalue weighted by Crippen LogP contribution is 2.16. The molecule has 0 aliphatic carbocycles. The van der Waals surface area contributed by atoms with Crippen LogP contribution in [0.3, 0.4) is 0 Å². The van der Waals surface area contributed by atoms with E-state index in [0.717, 1.165) is 26.0 Å². The van der Waals surface area contributed by atoms with E-state index in [1.807, 2.05) is 0 Å². The minimum atomic E-state index is -4.25. The molecule has 0 radical (unpaired) electrons. The molecule has 0 amide bonds. The SMILES string of the molecule is CCCOCCOCCOCCOCC[N+](CCCCS(=O)(=O)[O-])(CCCCS(=O)(=O)O)CCC[SiH](C)C. The molecule has 0 aromatic heterocycles. The molecule has 0 bridgehead atoms. The van der Waals surface area contributed by atoms with Gasteiger partial charge in [0.15, 0.2) is 0 Å². The summed E-state index contributed by atoms with van der Waals surface area (Å²) in [6.45, 7) is 13.9. The van der Waals surface area contributed by atoms with Crippen molar-refractivity contribution in [3.05, 3.63) is 0 Å². The monoisotopic (exact) mass is 607 g/mol. The fourth-order valence-corrected chi connectivity index (χ4v) is 6.25. The second-order valence-electron chi connectivity index (χ2n) is 10.2. The van der Waals surface area contributed by atoms with Crippen LogP contribution in [0.15, 0.2) is 0 Å². The number of unbranched alkanes of at least 4 members (excludes halogenated alkanes) is 2. The second kappa shape index (κ2) is 22.5. The molecule has 1 atom stereocenters. The highest BCUT2D eigenvalue weighted by Gasteiger charge is 2.27. The lowest BCUT2D eigenvalue weighted by atomic mass is 10.2. The van der Waals surface area contributed by atoms with Crippen LogP contribution in [-0.4, -0.2) is 130 Å². The van der Waals surface area contributed by atoms with Crippen molar-refractivity contribution in [2.24, 2.45) is 0 Å². The summed E-state index contributed by atoms with van der Waals surface area (Å²) in [5.41, 5.74) is 0. The zero-order valence-corrected chi connectivity index (χ0v) is 26.6. The molecule has 0 spiro atoms. The molecular weight excluding hydrogens is 554 g/mol. The lowest BCUT2D eigenvalue weighted by Gasteiger charge is -2.39. The molecule has 0 aliphatic rings. The first-order valence-electron chi connectivity index (χ1n) is 13.9. The van der Waals surface area contributed by atoms with E-state index in [1.165, 1.54) is 6.04 Å². The average molecular weight is 608 g/mol. The third-order valence-electron chi connectivity index (χ3n) is 6.15. The van der Waals surface area contributed by atoms with Crippen LogP contribution in [0.2, 0.25) is 19.1 Å². The molecule has 14 heteroatoms. The van der Waals surface area contributed by atoms with Crippen molar-refractivity contribution >= 4 is 29.0 Å². The molecule has 230 valence electrons. The Bertz CT molecular complexity index is 726. The first-order chi connectivity index (χ1) is 17.9. The van der Waals surface area contributed by atoms with Gasteiger partial charge in [-0.25, -0.2) is 8.42 Å². The van der Waals surface area contributed by atoms with Crippen molar-refractivity contribution < 1.29 is 49.4 Å². The number of hydrogen-bond donors (Lipinski definition) is 1. The van der Waals surface area contributed by atoms with Crippen molar-refractivity contribution in [3.8, 4) is 0 Å². The van der Waals surface area contributed by atoms with Gasteiger partial charge in [0.2, 0.25) is 0 Å². The molecule has 0 aliphatic heterocycles. The maximum atomic E-state index is 11.1. The van der Waals surface area contributed by atoms with Gasteiger partial charge in [0.25, 0.3) is 10.1 Å². The molecule has 38 heavy (non-hydrogen) atoms. The van der Waals surface area contributed by atoms with Gasteiger partial charge in [0.05, 0.1) is 81.8 Å². The Kier molecular flexibility index (Phi) is 22.4. The first kappa shape index (κ1) is 37.8. The normalized spacial score (nSPS) is 14.3. The van der Waals surface area contributed by atoms with Gasteiger partial charge in [0, 0.05) is 21.2 Å². The van der Waals surface area contributed by atoms with E-state index in [1.54, 1.807) is 0 Å². The number of quaternary nitrogens is 1. The van der Waals surface area contributed by atoms with Gasteiger partial charge in [-0.05, 0) is 38.5 Å². The van der Waals surface area contributed by atoms with Crippen molar-refractivity contribution in [3.63, 3.8) is 0 Å². The van der Waals surface area contributed by atoms with Gasteiger partial charge in [-0.1, -0.05) is 26.1 Å². The van der Waals surface area contributed by atoms with Crippen molar-refractivity contribution in [1.29, 1.82) is 0 Å². The molecule has 0 rings (SSSR count). The molecule has 11 nitrogen and oxygen atoms in total. The Hall–Kier alpha value is -0.163. The lowest BCUT2D eigenvalue weighted by Crippen LogP contribution is -2.52. The minimum absolute atomic E-state index is 0.274. The smallest absolute Gasteiger partial charge is 0.264 e. The van der Waals surface area contributed by atoms with Gasteiger partial charge in [0.1, 0.15) is 6.54 Å². The van der Waals surface area contributed by atoms with E-state index in [4.69, 9.17) is 23.5 Å². The second-order valence-corrected chi connectivity index (χ2v) is 16.6. The molecule has 1 N–H and O–H groups in total. The van der Waals surface area contributed by atoms with Gasteiger partial charge in [-0.3, -0.25) is 4.55 Å². The van der Waals surface area contributed by atoms with Crippen LogP contribution in [0.5, 0.6) is 0 Å².